The SMILES string of the molecule is CCC(NC(=O)C(CC1CCCCC1)NC(=N)N1CCOCC1)C(O)c1nc2ccccc2o1. The molecule has 2 aromatic rings. The first-order valence-electron chi connectivity index (χ1n) is 12.6. The second-order valence-corrected chi connectivity index (χ2v) is 9.37. The fourth-order valence-electron chi connectivity index (χ4n) is 4.91. The second kappa shape index (κ2) is 11.7. The molecule has 2 fully saturated rings. The minimum atomic E-state index is -1.06. The molecule has 2 aliphatic rings. The van der Waals surface area contributed by atoms with E-state index < -0.39 is 18.2 Å². The maximum Gasteiger partial charge on any atom is 0.242 e. The van der Waals surface area contributed by atoms with Gasteiger partial charge in [-0.15, -0.1) is 0 Å². The van der Waals surface area contributed by atoms with Crippen LogP contribution in [0.25, 0.3) is 11.1 Å². The van der Waals surface area contributed by atoms with E-state index in [0.29, 0.717) is 56.2 Å². The molecule has 0 spiro atoms. The Balaban J connectivity index is 1.44. The number of oxazole rings is 1. The molecule has 1 aromatic heterocycles. The van der Waals surface area contributed by atoms with Gasteiger partial charge in [0, 0.05) is 13.1 Å². The second-order valence-electron chi connectivity index (χ2n) is 9.37. The van der Waals surface area contributed by atoms with Crippen LogP contribution < -0.4 is 10.6 Å². The summed E-state index contributed by atoms with van der Waals surface area (Å²) in [7, 11) is 0. The third kappa shape index (κ3) is 6.07. The summed E-state index contributed by atoms with van der Waals surface area (Å²) in [6.07, 6.45) is 5.98. The number of aliphatic hydroxyl groups excluding tert-OH is 1. The van der Waals surface area contributed by atoms with Gasteiger partial charge in [0.05, 0.1) is 19.3 Å². The van der Waals surface area contributed by atoms with Crippen LogP contribution in [0.1, 0.15) is 63.9 Å². The van der Waals surface area contributed by atoms with E-state index in [1.807, 2.05) is 30.0 Å². The molecule has 1 amide bonds. The highest BCUT2D eigenvalue weighted by Gasteiger charge is 2.31. The summed E-state index contributed by atoms with van der Waals surface area (Å²) in [5.41, 5.74) is 1.28. The Morgan fingerprint density at radius 1 is 1.21 bits per heavy atom. The summed E-state index contributed by atoms with van der Waals surface area (Å²) < 4.78 is 11.1. The number of hydrogen-bond acceptors (Lipinski definition) is 6. The predicted octanol–water partition coefficient (Wildman–Crippen LogP) is 2.95. The molecule has 1 aliphatic carbocycles. The van der Waals surface area contributed by atoms with E-state index in [9.17, 15) is 9.90 Å². The van der Waals surface area contributed by atoms with Crippen molar-refractivity contribution in [3.8, 4) is 0 Å². The molecule has 34 heavy (non-hydrogen) atoms. The van der Waals surface area contributed by atoms with Crippen LogP contribution in [0.2, 0.25) is 0 Å². The van der Waals surface area contributed by atoms with Crippen LogP contribution in [-0.4, -0.2) is 65.2 Å². The van der Waals surface area contributed by atoms with Gasteiger partial charge in [-0.25, -0.2) is 4.98 Å². The number of morpholine rings is 1. The number of aliphatic hydroxyl groups is 1. The summed E-state index contributed by atoms with van der Waals surface area (Å²) in [5.74, 6) is 0.708. The molecule has 1 aromatic carbocycles. The van der Waals surface area contributed by atoms with E-state index in [-0.39, 0.29) is 17.8 Å². The van der Waals surface area contributed by atoms with Gasteiger partial charge in [0.25, 0.3) is 0 Å². The van der Waals surface area contributed by atoms with Crippen molar-refractivity contribution in [1.82, 2.24) is 20.5 Å². The van der Waals surface area contributed by atoms with Crippen molar-refractivity contribution in [2.75, 3.05) is 26.3 Å². The molecule has 1 aliphatic heterocycles. The van der Waals surface area contributed by atoms with Crippen molar-refractivity contribution in [2.24, 2.45) is 5.92 Å². The number of carbonyl (C=O) groups excluding carboxylic acids is 1. The van der Waals surface area contributed by atoms with Gasteiger partial charge in [-0.05, 0) is 30.9 Å². The van der Waals surface area contributed by atoms with Gasteiger partial charge < -0.3 is 29.8 Å². The summed E-state index contributed by atoms with van der Waals surface area (Å²) >= 11 is 0. The molecule has 9 heteroatoms. The van der Waals surface area contributed by atoms with Crippen LogP contribution in [0, 0.1) is 11.3 Å². The Bertz CT molecular complexity index is 919. The number of nitrogens with zero attached hydrogens (tertiary/aromatic N) is 2. The number of carbonyl (C=O) groups is 1. The minimum absolute atomic E-state index is 0.200. The monoisotopic (exact) mass is 471 g/mol. The van der Waals surface area contributed by atoms with Crippen molar-refractivity contribution in [3.05, 3.63) is 30.2 Å². The van der Waals surface area contributed by atoms with Crippen molar-refractivity contribution >= 4 is 23.0 Å². The zero-order valence-corrected chi connectivity index (χ0v) is 20.0. The van der Waals surface area contributed by atoms with Crippen molar-refractivity contribution in [3.63, 3.8) is 0 Å². The maximum atomic E-state index is 13.4. The first kappa shape index (κ1) is 24.5. The molecule has 0 bridgehead atoms. The normalized spacial score (nSPS) is 20.0. The lowest BCUT2D eigenvalue weighted by atomic mass is 9.84. The molecule has 9 nitrogen and oxygen atoms in total. The number of amides is 1. The smallest absolute Gasteiger partial charge is 0.242 e. The highest BCUT2D eigenvalue weighted by Crippen LogP contribution is 2.28. The number of hydrogen-bond donors (Lipinski definition) is 4. The van der Waals surface area contributed by atoms with Crippen LogP contribution in [0.3, 0.4) is 0 Å². The molecular weight excluding hydrogens is 434 g/mol. The number of aromatic nitrogens is 1. The Kier molecular flexibility index (Phi) is 8.39. The van der Waals surface area contributed by atoms with Crippen LogP contribution in [0.15, 0.2) is 28.7 Å². The molecule has 3 atom stereocenters. The summed E-state index contributed by atoms with van der Waals surface area (Å²) in [4.78, 5) is 19.7. The third-order valence-corrected chi connectivity index (χ3v) is 6.96. The molecule has 3 unspecified atom stereocenters. The molecular formula is C25H37N5O4. The zero-order chi connectivity index (χ0) is 23.9. The van der Waals surface area contributed by atoms with Gasteiger partial charge in [0.1, 0.15) is 11.6 Å². The number of guanidine groups is 1. The Hall–Kier alpha value is -2.65. The van der Waals surface area contributed by atoms with Crippen LogP contribution in [0.5, 0.6) is 0 Å². The average molecular weight is 472 g/mol. The highest BCUT2D eigenvalue weighted by atomic mass is 16.5. The summed E-state index contributed by atoms with van der Waals surface area (Å²) in [5, 5.41) is 25.7. The third-order valence-electron chi connectivity index (χ3n) is 6.96. The van der Waals surface area contributed by atoms with Gasteiger partial charge in [-0.3, -0.25) is 10.2 Å². The van der Waals surface area contributed by atoms with E-state index in [0.717, 1.165) is 12.8 Å². The van der Waals surface area contributed by atoms with E-state index in [2.05, 4.69) is 15.6 Å². The molecule has 186 valence electrons. The Morgan fingerprint density at radius 2 is 1.94 bits per heavy atom. The Labute approximate surface area is 200 Å². The molecule has 4 rings (SSSR count). The first-order valence-corrected chi connectivity index (χ1v) is 12.6. The highest BCUT2D eigenvalue weighted by molar-refractivity contribution is 5.88. The number of benzene rings is 1. The number of fused-ring (bicyclic) bond motifs is 1. The molecule has 4 N–H and O–H groups in total. The number of ether oxygens (including phenoxy) is 1. The van der Waals surface area contributed by atoms with Gasteiger partial charge in [0.15, 0.2) is 17.6 Å². The molecule has 1 saturated heterocycles. The van der Waals surface area contributed by atoms with E-state index in [1.54, 1.807) is 6.07 Å². The predicted molar refractivity (Wildman–Crippen MR) is 129 cm³/mol. The van der Waals surface area contributed by atoms with Crippen LogP contribution >= 0.6 is 0 Å². The van der Waals surface area contributed by atoms with E-state index in [1.165, 1.54) is 19.3 Å². The van der Waals surface area contributed by atoms with E-state index in [4.69, 9.17) is 14.6 Å². The zero-order valence-electron chi connectivity index (χ0n) is 20.0. The topological polar surface area (TPSA) is 124 Å². The fourth-order valence-corrected chi connectivity index (χ4v) is 4.91. The van der Waals surface area contributed by atoms with E-state index >= 15 is 0 Å². The first-order chi connectivity index (χ1) is 16.5. The Morgan fingerprint density at radius 3 is 2.65 bits per heavy atom. The lowest BCUT2D eigenvalue weighted by Gasteiger charge is -2.33. The lowest BCUT2D eigenvalue weighted by Crippen LogP contribution is -2.56. The van der Waals surface area contributed by atoms with Crippen molar-refractivity contribution in [2.45, 2.75) is 70.1 Å². The quantitative estimate of drug-likeness (QED) is 0.345. The molecule has 2 heterocycles. The molecule has 0 radical (unpaired) electrons. The number of rotatable bonds is 8. The van der Waals surface area contributed by atoms with Crippen LogP contribution in [0.4, 0.5) is 0 Å². The lowest BCUT2D eigenvalue weighted by molar-refractivity contribution is -0.125. The fraction of sp³-hybridized carbons (Fsp3) is 0.640. The number of para-hydroxylation sites is 2. The standard InChI is InChI=1S/C25H37N5O4/c1-2-18(22(31)24-28-19-10-6-7-11-21(19)34-24)27-23(32)20(16-17-8-4-3-5-9-17)29-25(26)30-12-14-33-15-13-30/h6-7,10-11,17-18,20,22,31H,2-5,8-9,12-16H2,1H3,(H2,26,29)(H,27,32). The van der Waals surface area contributed by atoms with Crippen molar-refractivity contribution in [1.29, 1.82) is 5.41 Å². The summed E-state index contributed by atoms with van der Waals surface area (Å²) in [6, 6.07) is 6.27. The van der Waals surface area contributed by atoms with Crippen molar-refractivity contribution < 1.29 is 19.1 Å². The summed E-state index contributed by atoms with van der Waals surface area (Å²) in [6.45, 7) is 4.35. The largest absolute Gasteiger partial charge is 0.438 e. The van der Waals surface area contributed by atoms with Gasteiger partial charge in [-0.1, -0.05) is 51.2 Å². The average Bonchev–Trinajstić information content (AvgIpc) is 3.32. The molecule has 1 saturated carbocycles. The van der Waals surface area contributed by atoms with Crippen LogP contribution in [-0.2, 0) is 9.53 Å². The van der Waals surface area contributed by atoms with Gasteiger partial charge >= 0.3 is 0 Å². The van der Waals surface area contributed by atoms with Gasteiger partial charge in [-0.2, -0.15) is 0 Å². The van der Waals surface area contributed by atoms with Gasteiger partial charge in [0.2, 0.25) is 11.8 Å². The minimum Gasteiger partial charge on any atom is -0.438 e. The number of nitrogens with one attached hydrogen (secondary N) is 3. The maximum absolute atomic E-state index is 13.4.